The van der Waals surface area contributed by atoms with Gasteiger partial charge in [0.1, 0.15) is 0 Å². The molecule has 1 aliphatic heterocycles. The van der Waals surface area contributed by atoms with Gasteiger partial charge in [0.05, 0.1) is 10.4 Å². The lowest BCUT2D eigenvalue weighted by molar-refractivity contribution is -0.124. The number of nitrogens with one attached hydrogen (secondary N) is 2. The van der Waals surface area contributed by atoms with Gasteiger partial charge in [0.2, 0.25) is 11.8 Å². The van der Waals surface area contributed by atoms with Crippen molar-refractivity contribution in [2.75, 3.05) is 6.54 Å². The second kappa shape index (κ2) is 4.01. The lowest BCUT2D eigenvalue weighted by atomic mass is 10.1. The van der Waals surface area contributed by atoms with E-state index in [1.165, 1.54) is 0 Å². The Bertz CT molecular complexity index is 352. The maximum absolute atomic E-state index is 11.8. The molecule has 1 saturated heterocycles. The summed E-state index contributed by atoms with van der Waals surface area (Å²) in [5.74, 6) is -0.0455. The smallest absolute Gasteiger partial charge is 0.233 e. The maximum atomic E-state index is 11.8. The summed E-state index contributed by atoms with van der Waals surface area (Å²) in [7, 11) is 0. The first-order chi connectivity index (χ1) is 7.54. The molecule has 0 aromatic carbocycles. The standard InChI is InChI=1S/C10H15N3O2S/c11-8(16)10(3-4-10)9(15)12-5-6-1-2-7(14)13-6/h6H,1-5H2,(H2,11,16)(H,12,15)(H,13,14). The van der Waals surface area contributed by atoms with Gasteiger partial charge in [0.15, 0.2) is 0 Å². The first-order valence-electron chi connectivity index (χ1n) is 5.42. The second-order valence-corrected chi connectivity index (χ2v) is 4.90. The monoisotopic (exact) mass is 241 g/mol. The quantitative estimate of drug-likeness (QED) is 0.576. The van der Waals surface area contributed by atoms with Gasteiger partial charge in [0.25, 0.3) is 0 Å². The van der Waals surface area contributed by atoms with Crippen molar-refractivity contribution in [1.29, 1.82) is 0 Å². The Balaban J connectivity index is 1.80. The van der Waals surface area contributed by atoms with Crippen LogP contribution in [-0.4, -0.2) is 29.4 Å². The molecule has 0 spiro atoms. The zero-order valence-corrected chi connectivity index (χ0v) is 9.73. The molecule has 0 radical (unpaired) electrons. The van der Waals surface area contributed by atoms with Gasteiger partial charge < -0.3 is 16.4 Å². The number of thiocarbonyl (C=S) groups is 1. The van der Waals surface area contributed by atoms with E-state index in [1.54, 1.807) is 0 Å². The van der Waals surface area contributed by atoms with Crippen molar-refractivity contribution in [2.45, 2.75) is 31.7 Å². The second-order valence-electron chi connectivity index (χ2n) is 4.46. The van der Waals surface area contributed by atoms with Gasteiger partial charge in [0, 0.05) is 19.0 Å². The maximum Gasteiger partial charge on any atom is 0.233 e. The third-order valence-corrected chi connectivity index (χ3v) is 3.64. The molecule has 1 aliphatic carbocycles. The van der Waals surface area contributed by atoms with Gasteiger partial charge in [-0.05, 0) is 19.3 Å². The molecule has 1 atom stereocenters. The third-order valence-electron chi connectivity index (χ3n) is 3.25. The number of hydrogen-bond acceptors (Lipinski definition) is 3. The Hall–Kier alpha value is -1.17. The van der Waals surface area contributed by atoms with Crippen molar-refractivity contribution in [3.05, 3.63) is 0 Å². The zero-order valence-electron chi connectivity index (χ0n) is 8.91. The molecule has 4 N–H and O–H groups in total. The predicted molar refractivity (Wildman–Crippen MR) is 62.6 cm³/mol. The van der Waals surface area contributed by atoms with Gasteiger partial charge in [-0.1, -0.05) is 12.2 Å². The Labute approximate surface area is 99.1 Å². The average Bonchev–Trinajstić information content (AvgIpc) is 2.95. The van der Waals surface area contributed by atoms with Crippen molar-refractivity contribution in [1.82, 2.24) is 10.6 Å². The first-order valence-corrected chi connectivity index (χ1v) is 5.83. The Morgan fingerprint density at radius 2 is 2.31 bits per heavy atom. The van der Waals surface area contributed by atoms with Crippen molar-refractivity contribution in [3.63, 3.8) is 0 Å². The minimum atomic E-state index is -0.599. The van der Waals surface area contributed by atoms with Gasteiger partial charge >= 0.3 is 0 Å². The van der Waals surface area contributed by atoms with Gasteiger partial charge in [-0.2, -0.15) is 0 Å². The van der Waals surface area contributed by atoms with E-state index in [1.807, 2.05) is 0 Å². The summed E-state index contributed by atoms with van der Waals surface area (Å²) in [6.45, 7) is 0.467. The first kappa shape index (κ1) is 11.3. The molecule has 0 bridgehead atoms. The lowest BCUT2D eigenvalue weighted by Gasteiger charge is -2.16. The zero-order chi connectivity index (χ0) is 11.8. The molecule has 2 fully saturated rings. The Morgan fingerprint density at radius 1 is 1.62 bits per heavy atom. The normalized spacial score (nSPS) is 26.0. The fraction of sp³-hybridized carbons (Fsp3) is 0.700. The van der Waals surface area contributed by atoms with E-state index in [0.717, 1.165) is 19.3 Å². The molecule has 1 saturated carbocycles. The average molecular weight is 241 g/mol. The van der Waals surface area contributed by atoms with Crippen LogP contribution in [0, 0.1) is 5.41 Å². The van der Waals surface area contributed by atoms with Crippen LogP contribution in [0.2, 0.25) is 0 Å². The van der Waals surface area contributed by atoms with E-state index in [0.29, 0.717) is 13.0 Å². The van der Waals surface area contributed by atoms with Crippen LogP contribution in [0.3, 0.4) is 0 Å². The highest BCUT2D eigenvalue weighted by atomic mass is 32.1. The molecule has 5 nitrogen and oxygen atoms in total. The van der Waals surface area contributed by atoms with Crippen LogP contribution >= 0.6 is 12.2 Å². The number of rotatable bonds is 4. The van der Waals surface area contributed by atoms with Crippen LogP contribution in [-0.2, 0) is 9.59 Å². The predicted octanol–water partition coefficient (Wildman–Crippen LogP) is -0.553. The van der Waals surface area contributed by atoms with E-state index >= 15 is 0 Å². The van der Waals surface area contributed by atoms with Crippen molar-refractivity contribution < 1.29 is 9.59 Å². The van der Waals surface area contributed by atoms with Gasteiger partial charge in [-0.25, -0.2) is 0 Å². The topological polar surface area (TPSA) is 84.2 Å². The van der Waals surface area contributed by atoms with Crippen LogP contribution in [0.15, 0.2) is 0 Å². The molecule has 6 heteroatoms. The van der Waals surface area contributed by atoms with E-state index < -0.39 is 5.41 Å². The summed E-state index contributed by atoms with van der Waals surface area (Å²) in [6, 6.07) is 0.0543. The molecule has 2 amide bonds. The highest BCUT2D eigenvalue weighted by Gasteiger charge is 2.52. The highest BCUT2D eigenvalue weighted by Crippen LogP contribution is 2.46. The van der Waals surface area contributed by atoms with Crippen molar-refractivity contribution in [2.24, 2.45) is 11.1 Å². The molecule has 1 heterocycles. The van der Waals surface area contributed by atoms with E-state index in [9.17, 15) is 9.59 Å². The summed E-state index contributed by atoms with van der Waals surface area (Å²) < 4.78 is 0. The van der Waals surface area contributed by atoms with Gasteiger partial charge in [-0.3, -0.25) is 9.59 Å². The van der Waals surface area contributed by atoms with E-state index in [2.05, 4.69) is 10.6 Å². The molecule has 2 rings (SSSR count). The minimum Gasteiger partial charge on any atom is -0.392 e. The summed E-state index contributed by atoms with van der Waals surface area (Å²) >= 11 is 4.89. The SMILES string of the molecule is NC(=S)C1(C(=O)NCC2CCC(=O)N2)CC1. The van der Waals surface area contributed by atoms with Crippen LogP contribution < -0.4 is 16.4 Å². The molecule has 88 valence electrons. The van der Waals surface area contributed by atoms with Crippen molar-refractivity contribution >= 4 is 29.0 Å². The number of carbonyl (C=O) groups excluding carboxylic acids is 2. The molecule has 1 unspecified atom stereocenters. The summed E-state index contributed by atoms with van der Waals surface area (Å²) in [5, 5.41) is 5.60. The fourth-order valence-electron chi connectivity index (χ4n) is 1.93. The molecule has 2 aliphatic rings. The minimum absolute atomic E-state index is 0.0507. The van der Waals surface area contributed by atoms with Crippen LogP contribution in [0.1, 0.15) is 25.7 Å². The number of carbonyl (C=O) groups is 2. The summed E-state index contributed by atoms with van der Waals surface area (Å²) in [5.41, 5.74) is 4.94. The van der Waals surface area contributed by atoms with E-state index in [4.69, 9.17) is 18.0 Å². The molecule has 16 heavy (non-hydrogen) atoms. The van der Waals surface area contributed by atoms with Crippen LogP contribution in [0.5, 0.6) is 0 Å². The van der Waals surface area contributed by atoms with Crippen LogP contribution in [0.25, 0.3) is 0 Å². The molecular weight excluding hydrogens is 226 g/mol. The van der Waals surface area contributed by atoms with Crippen molar-refractivity contribution in [3.8, 4) is 0 Å². The Morgan fingerprint density at radius 3 is 2.75 bits per heavy atom. The van der Waals surface area contributed by atoms with Crippen LogP contribution in [0.4, 0.5) is 0 Å². The lowest BCUT2D eigenvalue weighted by Crippen LogP contribution is -2.44. The number of nitrogens with two attached hydrogens (primary N) is 1. The summed E-state index contributed by atoms with van der Waals surface area (Å²) in [6.07, 6.45) is 2.80. The Kier molecular flexibility index (Phi) is 2.84. The molecule has 0 aromatic rings. The number of hydrogen-bond donors (Lipinski definition) is 3. The fourth-order valence-corrected chi connectivity index (χ4v) is 2.22. The summed E-state index contributed by atoms with van der Waals surface area (Å²) in [4.78, 5) is 23.0. The highest BCUT2D eigenvalue weighted by molar-refractivity contribution is 7.80. The molecule has 0 aromatic heterocycles. The largest absolute Gasteiger partial charge is 0.392 e. The van der Waals surface area contributed by atoms with Gasteiger partial charge in [-0.15, -0.1) is 0 Å². The third kappa shape index (κ3) is 2.02. The van der Waals surface area contributed by atoms with E-state index in [-0.39, 0.29) is 22.8 Å². The molecular formula is C10H15N3O2S. The number of amides is 2.